The van der Waals surface area contributed by atoms with Gasteiger partial charge < -0.3 is 10.1 Å². The molecule has 2 heterocycles. The second kappa shape index (κ2) is 7.23. The summed E-state index contributed by atoms with van der Waals surface area (Å²) in [6, 6.07) is 7.35. The third kappa shape index (κ3) is 3.98. The molecule has 1 fully saturated rings. The molecule has 0 aliphatic carbocycles. The summed E-state index contributed by atoms with van der Waals surface area (Å²) < 4.78 is 33.0. The highest BCUT2D eigenvalue weighted by Crippen LogP contribution is 2.27. The van der Waals surface area contributed by atoms with Gasteiger partial charge in [0.15, 0.2) is 5.82 Å². The van der Waals surface area contributed by atoms with Gasteiger partial charge in [-0.2, -0.15) is 0 Å². The standard InChI is InChI=1S/C17H17ClF2N2O/c18-13-2-1-12(15(20)9-13)10-23-17-14(19)3-4-16(22-17)11-5-7-21-8-6-11/h1-4,9,11,21H,5-8,10H2. The molecule has 0 spiro atoms. The molecule has 2 aromatic rings. The Morgan fingerprint density at radius 1 is 1.13 bits per heavy atom. The van der Waals surface area contributed by atoms with Gasteiger partial charge in [-0.3, -0.25) is 0 Å². The topological polar surface area (TPSA) is 34.1 Å². The quantitative estimate of drug-likeness (QED) is 0.913. The van der Waals surface area contributed by atoms with Gasteiger partial charge in [0.2, 0.25) is 0 Å². The Bertz CT molecular complexity index is 690. The van der Waals surface area contributed by atoms with Crippen molar-refractivity contribution in [2.24, 2.45) is 0 Å². The summed E-state index contributed by atoms with van der Waals surface area (Å²) in [5, 5.41) is 3.59. The summed E-state index contributed by atoms with van der Waals surface area (Å²) in [4.78, 5) is 4.28. The minimum Gasteiger partial charge on any atom is -0.471 e. The first-order valence-electron chi connectivity index (χ1n) is 7.57. The molecule has 1 aromatic heterocycles. The maximum atomic E-state index is 13.9. The number of hydrogen-bond acceptors (Lipinski definition) is 3. The minimum absolute atomic E-state index is 0.0876. The minimum atomic E-state index is -0.544. The van der Waals surface area contributed by atoms with Crippen molar-refractivity contribution in [3.63, 3.8) is 0 Å². The van der Waals surface area contributed by atoms with Crippen molar-refractivity contribution >= 4 is 11.6 Å². The summed E-state index contributed by atoms with van der Waals surface area (Å²) in [6.07, 6.45) is 1.92. The van der Waals surface area contributed by atoms with Crippen LogP contribution in [0.5, 0.6) is 5.88 Å². The summed E-state index contributed by atoms with van der Waals surface area (Å²) in [5.74, 6) is -0.814. The largest absolute Gasteiger partial charge is 0.471 e. The molecule has 0 amide bonds. The van der Waals surface area contributed by atoms with Gasteiger partial charge in [-0.25, -0.2) is 13.8 Å². The van der Waals surface area contributed by atoms with Crippen LogP contribution in [0.3, 0.4) is 0 Å². The van der Waals surface area contributed by atoms with Gasteiger partial charge in [0.1, 0.15) is 12.4 Å². The third-order valence-corrected chi connectivity index (χ3v) is 4.21. The molecule has 0 atom stereocenters. The van der Waals surface area contributed by atoms with Crippen molar-refractivity contribution < 1.29 is 13.5 Å². The van der Waals surface area contributed by atoms with E-state index in [1.165, 1.54) is 18.2 Å². The van der Waals surface area contributed by atoms with Crippen LogP contribution in [0, 0.1) is 11.6 Å². The average molecular weight is 339 g/mol. The molecule has 1 aromatic carbocycles. The lowest BCUT2D eigenvalue weighted by Crippen LogP contribution is -2.27. The lowest BCUT2D eigenvalue weighted by Gasteiger charge is -2.22. The van der Waals surface area contributed by atoms with Crippen molar-refractivity contribution in [3.8, 4) is 5.88 Å². The van der Waals surface area contributed by atoms with Crippen molar-refractivity contribution in [1.82, 2.24) is 10.3 Å². The first kappa shape index (κ1) is 16.1. The van der Waals surface area contributed by atoms with E-state index in [4.69, 9.17) is 16.3 Å². The van der Waals surface area contributed by atoms with E-state index in [0.29, 0.717) is 16.5 Å². The number of aromatic nitrogens is 1. The number of benzene rings is 1. The number of nitrogens with zero attached hydrogens (tertiary/aromatic N) is 1. The van der Waals surface area contributed by atoms with Crippen molar-refractivity contribution in [2.45, 2.75) is 25.4 Å². The summed E-state index contributed by atoms with van der Waals surface area (Å²) >= 11 is 5.71. The van der Waals surface area contributed by atoms with Crippen LogP contribution < -0.4 is 10.1 Å². The highest BCUT2D eigenvalue weighted by atomic mass is 35.5. The van der Waals surface area contributed by atoms with Crippen LogP contribution >= 0.6 is 11.6 Å². The van der Waals surface area contributed by atoms with Crippen LogP contribution in [0.1, 0.15) is 30.0 Å². The molecule has 6 heteroatoms. The Kier molecular flexibility index (Phi) is 5.08. The zero-order chi connectivity index (χ0) is 16.2. The van der Waals surface area contributed by atoms with Crippen molar-refractivity contribution in [1.29, 1.82) is 0 Å². The molecule has 1 aliphatic heterocycles. The van der Waals surface area contributed by atoms with E-state index >= 15 is 0 Å². The maximum Gasteiger partial charge on any atom is 0.250 e. The lowest BCUT2D eigenvalue weighted by molar-refractivity contribution is 0.270. The molecular formula is C17H17ClF2N2O. The molecule has 122 valence electrons. The number of pyridine rings is 1. The smallest absolute Gasteiger partial charge is 0.250 e. The summed E-state index contributed by atoms with van der Waals surface area (Å²) in [7, 11) is 0. The first-order chi connectivity index (χ1) is 11.1. The number of nitrogens with one attached hydrogen (secondary N) is 1. The monoisotopic (exact) mass is 338 g/mol. The van der Waals surface area contributed by atoms with E-state index in [1.807, 2.05) is 0 Å². The molecule has 0 saturated carbocycles. The number of ether oxygens (including phenoxy) is 1. The fraction of sp³-hybridized carbons (Fsp3) is 0.353. The predicted octanol–water partition coefficient (Wildman–Crippen LogP) is 4.06. The second-order valence-electron chi connectivity index (χ2n) is 5.57. The molecule has 0 radical (unpaired) electrons. The molecular weight excluding hydrogens is 322 g/mol. The van der Waals surface area contributed by atoms with E-state index in [0.717, 1.165) is 31.6 Å². The lowest BCUT2D eigenvalue weighted by atomic mass is 9.94. The Labute approximate surface area is 138 Å². The average Bonchev–Trinajstić information content (AvgIpc) is 2.56. The van der Waals surface area contributed by atoms with Crippen LogP contribution in [-0.4, -0.2) is 18.1 Å². The maximum absolute atomic E-state index is 13.9. The normalized spacial score (nSPS) is 15.6. The number of hydrogen-bond donors (Lipinski definition) is 1. The Balaban J connectivity index is 1.73. The zero-order valence-electron chi connectivity index (χ0n) is 12.5. The first-order valence-corrected chi connectivity index (χ1v) is 7.95. The number of rotatable bonds is 4. The molecule has 0 unspecified atom stereocenters. The summed E-state index contributed by atoms with van der Waals surface area (Å²) in [5.41, 5.74) is 1.13. The molecule has 23 heavy (non-hydrogen) atoms. The van der Waals surface area contributed by atoms with E-state index in [9.17, 15) is 8.78 Å². The predicted molar refractivity (Wildman–Crippen MR) is 84.8 cm³/mol. The van der Waals surface area contributed by atoms with Crippen LogP contribution in [0.15, 0.2) is 30.3 Å². The van der Waals surface area contributed by atoms with Gasteiger partial charge in [-0.1, -0.05) is 17.7 Å². The molecule has 3 nitrogen and oxygen atoms in total. The molecule has 1 saturated heterocycles. The van der Waals surface area contributed by atoms with E-state index in [1.54, 1.807) is 12.1 Å². The van der Waals surface area contributed by atoms with Crippen LogP contribution in [0.4, 0.5) is 8.78 Å². The SMILES string of the molecule is Fc1cc(Cl)ccc1COc1nc(C2CCNCC2)ccc1F. The Morgan fingerprint density at radius 2 is 1.91 bits per heavy atom. The van der Waals surface area contributed by atoms with Crippen LogP contribution in [0.2, 0.25) is 5.02 Å². The van der Waals surface area contributed by atoms with Crippen LogP contribution in [0.25, 0.3) is 0 Å². The van der Waals surface area contributed by atoms with E-state index < -0.39 is 11.6 Å². The van der Waals surface area contributed by atoms with Crippen LogP contribution in [-0.2, 0) is 6.61 Å². The van der Waals surface area contributed by atoms with Gasteiger partial charge in [0.05, 0.1) is 0 Å². The van der Waals surface area contributed by atoms with Crippen molar-refractivity contribution in [2.75, 3.05) is 13.1 Å². The van der Waals surface area contributed by atoms with Gasteiger partial charge in [-0.05, 0) is 50.2 Å². The fourth-order valence-electron chi connectivity index (χ4n) is 2.67. The van der Waals surface area contributed by atoms with Gasteiger partial charge in [0.25, 0.3) is 5.88 Å². The number of halogens is 3. The number of piperidine rings is 1. The van der Waals surface area contributed by atoms with Crippen molar-refractivity contribution in [3.05, 3.63) is 58.2 Å². The highest BCUT2D eigenvalue weighted by Gasteiger charge is 2.18. The van der Waals surface area contributed by atoms with Gasteiger partial charge in [0, 0.05) is 22.2 Å². The molecule has 1 aliphatic rings. The third-order valence-electron chi connectivity index (χ3n) is 3.97. The van der Waals surface area contributed by atoms with E-state index in [2.05, 4.69) is 10.3 Å². The molecule has 1 N–H and O–H groups in total. The Morgan fingerprint density at radius 3 is 2.65 bits per heavy atom. The Hall–Kier alpha value is -1.72. The summed E-state index contributed by atoms with van der Waals surface area (Å²) in [6.45, 7) is 1.76. The van der Waals surface area contributed by atoms with Gasteiger partial charge >= 0.3 is 0 Å². The highest BCUT2D eigenvalue weighted by molar-refractivity contribution is 6.30. The second-order valence-corrected chi connectivity index (χ2v) is 6.01. The molecule has 3 rings (SSSR count). The van der Waals surface area contributed by atoms with Gasteiger partial charge in [-0.15, -0.1) is 0 Å². The zero-order valence-corrected chi connectivity index (χ0v) is 13.2. The fourth-order valence-corrected chi connectivity index (χ4v) is 2.83. The molecule has 0 bridgehead atoms. The van der Waals surface area contributed by atoms with E-state index in [-0.39, 0.29) is 12.5 Å².